The van der Waals surface area contributed by atoms with Crippen LogP contribution < -0.4 is 0 Å². The number of pyridine rings is 1. The summed E-state index contributed by atoms with van der Waals surface area (Å²) in [6, 6.07) is 1.89. The van der Waals surface area contributed by atoms with E-state index in [1.807, 2.05) is 44.3 Å². The van der Waals surface area contributed by atoms with Crippen LogP contribution in [0.3, 0.4) is 0 Å². The number of likely N-dealkylation sites (tertiary alicyclic amines) is 1. The second-order valence-corrected chi connectivity index (χ2v) is 6.36. The minimum atomic E-state index is 0.00292. The van der Waals surface area contributed by atoms with Crippen LogP contribution >= 0.6 is 0 Å². The molecule has 1 aliphatic heterocycles. The van der Waals surface area contributed by atoms with Gasteiger partial charge in [-0.25, -0.2) is 4.98 Å². The first-order valence-electron chi connectivity index (χ1n) is 8.07. The third-order valence-electron chi connectivity index (χ3n) is 4.60. The lowest BCUT2D eigenvalue weighted by atomic mass is 10.1. The van der Waals surface area contributed by atoms with Crippen molar-refractivity contribution in [2.45, 2.75) is 32.7 Å². The molecule has 0 unspecified atom stereocenters. The average Bonchev–Trinajstić information content (AvgIpc) is 3.26. The highest BCUT2D eigenvalue weighted by Crippen LogP contribution is 2.34. The molecule has 0 spiro atoms. The van der Waals surface area contributed by atoms with Gasteiger partial charge < -0.3 is 9.42 Å². The van der Waals surface area contributed by atoms with Crippen LogP contribution in [0.5, 0.6) is 0 Å². The summed E-state index contributed by atoms with van der Waals surface area (Å²) in [4.78, 5) is 19.5. The van der Waals surface area contributed by atoms with E-state index >= 15 is 0 Å². The van der Waals surface area contributed by atoms with Crippen molar-refractivity contribution in [1.82, 2.24) is 24.8 Å². The van der Waals surface area contributed by atoms with Crippen molar-refractivity contribution in [3.63, 3.8) is 0 Å². The van der Waals surface area contributed by atoms with Crippen LogP contribution in [-0.4, -0.2) is 37.3 Å². The lowest BCUT2D eigenvalue weighted by Gasteiger charge is -2.24. The molecule has 0 N–H and O–H groups in total. The lowest BCUT2D eigenvalue weighted by Crippen LogP contribution is -2.30. The second kappa shape index (κ2) is 5.43. The molecule has 4 rings (SSSR count). The molecular weight excluding hydrogens is 306 g/mol. The SMILES string of the molecule is Cc1cc(C(=O)N2CCC[C@H]2c2cnn(C)c2)c2c(C)noc2n1. The highest BCUT2D eigenvalue weighted by Gasteiger charge is 2.33. The molecule has 0 aliphatic carbocycles. The van der Waals surface area contributed by atoms with Gasteiger partial charge in [0.15, 0.2) is 0 Å². The molecule has 3 aromatic rings. The molecule has 3 aromatic heterocycles. The summed E-state index contributed by atoms with van der Waals surface area (Å²) in [6.45, 7) is 4.43. The number of fused-ring (bicyclic) bond motifs is 1. The van der Waals surface area contributed by atoms with Gasteiger partial charge in [0, 0.05) is 31.0 Å². The minimum Gasteiger partial charge on any atom is -0.336 e. The first kappa shape index (κ1) is 14.9. The summed E-state index contributed by atoms with van der Waals surface area (Å²) >= 11 is 0. The van der Waals surface area contributed by atoms with Crippen LogP contribution in [0.4, 0.5) is 0 Å². The van der Waals surface area contributed by atoms with E-state index in [0.29, 0.717) is 22.4 Å². The number of carbonyl (C=O) groups excluding carboxylic acids is 1. The van der Waals surface area contributed by atoms with Gasteiger partial charge in [0.25, 0.3) is 11.6 Å². The molecule has 0 radical (unpaired) electrons. The predicted octanol–water partition coefficient (Wildman–Crippen LogP) is 2.55. The fourth-order valence-corrected chi connectivity index (χ4v) is 3.51. The van der Waals surface area contributed by atoms with Crippen molar-refractivity contribution in [2.24, 2.45) is 7.05 Å². The maximum absolute atomic E-state index is 13.3. The Labute approximate surface area is 139 Å². The summed E-state index contributed by atoms with van der Waals surface area (Å²) in [5, 5.41) is 8.92. The Bertz CT molecular complexity index is 926. The largest absolute Gasteiger partial charge is 0.336 e. The molecule has 0 aromatic carbocycles. The van der Waals surface area contributed by atoms with Gasteiger partial charge in [0.2, 0.25) is 0 Å². The Morgan fingerprint density at radius 1 is 1.38 bits per heavy atom. The van der Waals surface area contributed by atoms with Crippen LogP contribution in [0.15, 0.2) is 23.0 Å². The van der Waals surface area contributed by atoms with Crippen molar-refractivity contribution >= 4 is 17.0 Å². The Kier molecular flexibility index (Phi) is 3.37. The molecule has 4 heterocycles. The fraction of sp³-hybridized carbons (Fsp3) is 0.412. The number of amides is 1. The first-order chi connectivity index (χ1) is 11.5. The van der Waals surface area contributed by atoms with Crippen molar-refractivity contribution < 1.29 is 9.32 Å². The molecule has 0 saturated carbocycles. The number of hydrogen-bond donors (Lipinski definition) is 0. The Morgan fingerprint density at radius 3 is 2.96 bits per heavy atom. The van der Waals surface area contributed by atoms with E-state index in [1.165, 1.54) is 0 Å². The molecular formula is C17H19N5O2. The van der Waals surface area contributed by atoms with Crippen molar-refractivity contribution in [2.75, 3.05) is 6.54 Å². The van der Waals surface area contributed by atoms with Gasteiger partial charge in [-0.3, -0.25) is 9.48 Å². The molecule has 7 heteroatoms. The van der Waals surface area contributed by atoms with Gasteiger partial charge in [-0.2, -0.15) is 5.10 Å². The molecule has 1 aliphatic rings. The zero-order valence-corrected chi connectivity index (χ0v) is 14.0. The Balaban J connectivity index is 1.77. The maximum Gasteiger partial charge on any atom is 0.258 e. The number of rotatable bonds is 2. The molecule has 24 heavy (non-hydrogen) atoms. The molecule has 124 valence electrons. The molecule has 1 amide bonds. The number of aromatic nitrogens is 4. The zero-order chi connectivity index (χ0) is 16.8. The lowest BCUT2D eigenvalue weighted by molar-refractivity contribution is 0.0737. The molecule has 1 fully saturated rings. The predicted molar refractivity (Wildman–Crippen MR) is 87.5 cm³/mol. The summed E-state index contributed by atoms with van der Waals surface area (Å²) in [5.74, 6) is 0.00292. The van der Waals surface area contributed by atoms with Crippen LogP contribution in [0.25, 0.3) is 11.1 Å². The van der Waals surface area contributed by atoms with Gasteiger partial charge in [-0.15, -0.1) is 0 Å². The van der Waals surface area contributed by atoms with Gasteiger partial charge in [-0.05, 0) is 32.8 Å². The third kappa shape index (κ3) is 2.28. The normalized spacial score (nSPS) is 17.8. The van der Waals surface area contributed by atoms with Crippen LogP contribution in [0.2, 0.25) is 0 Å². The quantitative estimate of drug-likeness (QED) is 0.723. The number of aryl methyl sites for hydroxylation is 3. The van der Waals surface area contributed by atoms with Gasteiger partial charge >= 0.3 is 0 Å². The summed E-state index contributed by atoms with van der Waals surface area (Å²) < 4.78 is 7.03. The summed E-state index contributed by atoms with van der Waals surface area (Å²) in [6.07, 6.45) is 5.76. The highest BCUT2D eigenvalue weighted by atomic mass is 16.5. The molecule has 1 saturated heterocycles. The van der Waals surface area contributed by atoms with Gasteiger partial charge in [0.1, 0.15) is 0 Å². The van der Waals surface area contributed by atoms with E-state index < -0.39 is 0 Å². The molecule has 1 atom stereocenters. The zero-order valence-electron chi connectivity index (χ0n) is 14.0. The smallest absolute Gasteiger partial charge is 0.258 e. The fourth-order valence-electron chi connectivity index (χ4n) is 3.51. The van der Waals surface area contributed by atoms with Crippen molar-refractivity contribution in [3.05, 3.63) is 41.0 Å². The Hall–Kier alpha value is -2.70. The average molecular weight is 325 g/mol. The van der Waals surface area contributed by atoms with E-state index in [0.717, 1.165) is 30.6 Å². The van der Waals surface area contributed by atoms with E-state index in [4.69, 9.17) is 4.52 Å². The van der Waals surface area contributed by atoms with Crippen LogP contribution in [-0.2, 0) is 7.05 Å². The highest BCUT2D eigenvalue weighted by molar-refractivity contribution is 6.06. The van der Waals surface area contributed by atoms with Gasteiger partial charge in [0.05, 0.1) is 28.9 Å². The topological polar surface area (TPSA) is 77.0 Å². The standard InChI is InChI=1S/C17H19N5O2/c1-10-7-13(15-11(2)20-24-16(15)19-10)17(23)22-6-4-5-14(22)12-8-18-21(3)9-12/h7-9,14H,4-6H2,1-3H3/t14-/m0/s1. The second-order valence-electron chi connectivity index (χ2n) is 6.36. The summed E-state index contributed by atoms with van der Waals surface area (Å²) in [5.41, 5.74) is 3.56. The van der Waals surface area contributed by atoms with Gasteiger partial charge in [-0.1, -0.05) is 5.16 Å². The van der Waals surface area contributed by atoms with E-state index in [1.54, 1.807) is 4.68 Å². The minimum absolute atomic E-state index is 0.00292. The Morgan fingerprint density at radius 2 is 2.21 bits per heavy atom. The van der Waals surface area contributed by atoms with Crippen LogP contribution in [0, 0.1) is 13.8 Å². The molecule has 0 bridgehead atoms. The number of hydrogen-bond acceptors (Lipinski definition) is 5. The third-order valence-corrected chi connectivity index (χ3v) is 4.60. The van der Waals surface area contributed by atoms with E-state index in [2.05, 4.69) is 15.2 Å². The van der Waals surface area contributed by atoms with E-state index in [9.17, 15) is 4.79 Å². The van der Waals surface area contributed by atoms with Crippen molar-refractivity contribution in [3.8, 4) is 0 Å². The maximum atomic E-state index is 13.3. The summed E-state index contributed by atoms with van der Waals surface area (Å²) in [7, 11) is 1.89. The first-order valence-corrected chi connectivity index (χ1v) is 8.07. The van der Waals surface area contributed by atoms with E-state index in [-0.39, 0.29) is 11.9 Å². The number of carbonyl (C=O) groups is 1. The monoisotopic (exact) mass is 325 g/mol. The molecule has 7 nitrogen and oxygen atoms in total. The van der Waals surface area contributed by atoms with Crippen LogP contribution in [0.1, 0.15) is 46.2 Å². The van der Waals surface area contributed by atoms with Crippen molar-refractivity contribution in [1.29, 1.82) is 0 Å². The number of nitrogens with zero attached hydrogens (tertiary/aromatic N) is 5.